The summed E-state index contributed by atoms with van der Waals surface area (Å²) in [7, 11) is 1.91. The predicted octanol–water partition coefficient (Wildman–Crippen LogP) is 1.74. The molecule has 0 atom stereocenters. The molecule has 0 bridgehead atoms. The molecule has 0 unspecified atom stereocenters. The van der Waals surface area contributed by atoms with Crippen LogP contribution in [0.1, 0.15) is 5.56 Å². The molecular formula is C5H8BrClN2. The summed E-state index contributed by atoms with van der Waals surface area (Å²) in [6.45, 7) is 0. The minimum atomic E-state index is 0. The van der Waals surface area contributed by atoms with E-state index in [1.54, 1.807) is 4.68 Å². The average molecular weight is 211 g/mol. The van der Waals surface area contributed by atoms with E-state index >= 15 is 0 Å². The second kappa shape index (κ2) is 3.90. The minimum Gasteiger partial charge on any atom is -0.276 e. The fraction of sp³-hybridized carbons (Fsp3) is 0.400. The van der Waals surface area contributed by atoms with Crippen LogP contribution in [0.5, 0.6) is 0 Å². The Bertz CT molecular complexity index is 175. The first-order valence-corrected chi connectivity index (χ1v) is 3.48. The van der Waals surface area contributed by atoms with Gasteiger partial charge in [0.15, 0.2) is 0 Å². The maximum Gasteiger partial charge on any atom is 0.0530 e. The summed E-state index contributed by atoms with van der Waals surface area (Å²) in [5.41, 5.74) is 1.22. The van der Waals surface area contributed by atoms with Crippen molar-refractivity contribution in [1.82, 2.24) is 9.78 Å². The number of alkyl halides is 1. The molecule has 1 aromatic rings. The summed E-state index contributed by atoms with van der Waals surface area (Å²) in [6.07, 6.45) is 3.82. The van der Waals surface area contributed by atoms with E-state index in [-0.39, 0.29) is 12.4 Å². The maximum atomic E-state index is 3.97. The summed E-state index contributed by atoms with van der Waals surface area (Å²) < 4.78 is 1.79. The van der Waals surface area contributed by atoms with Crippen LogP contribution < -0.4 is 0 Å². The van der Waals surface area contributed by atoms with Crippen molar-refractivity contribution in [2.75, 3.05) is 0 Å². The van der Waals surface area contributed by atoms with Crippen molar-refractivity contribution in [1.29, 1.82) is 0 Å². The van der Waals surface area contributed by atoms with Gasteiger partial charge in [-0.05, 0) is 0 Å². The van der Waals surface area contributed by atoms with E-state index in [9.17, 15) is 0 Å². The Hall–Kier alpha value is -0.0200. The fourth-order valence-electron chi connectivity index (χ4n) is 0.541. The Balaban J connectivity index is 0.000000640. The molecule has 9 heavy (non-hydrogen) atoms. The number of aromatic nitrogens is 2. The molecule has 0 N–H and O–H groups in total. The van der Waals surface area contributed by atoms with Gasteiger partial charge in [0.25, 0.3) is 0 Å². The third-order valence-corrected chi connectivity index (χ3v) is 1.56. The molecule has 4 heteroatoms. The third-order valence-electron chi connectivity index (χ3n) is 0.913. The zero-order valence-electron chi connectivity index (χ0n) is 5.04. The lowest BCUT2D eigenvalue weighted by molar-refractivity contribution is 0.767. The number of halogens is 2. The molecule has 0 saturated heterocycles. The van der Waals surface area contributed by atoms with Gasteiger partial charge in [-0.1, -0.05) is 15.9 Å². The Morgan fingerprint density at radius 1 is 1.78 bits per heavy atom. The van der Waals surface area contributed by atoms with E-state index in [0.29, 0.717) is 0 Å². The highest BCUT2D eigenvalue weighted by Gasteiger charge is 1.88. The maximum absolute atomic E-state index is 3.97. The quantitative estimate of drug-likeness (QED) is 0.647. The molecule has 0 aliphatic rings. The van der Waals surface area contributed by atoms with E-state index in [0.717, 1.165) is 5.33 Å². The first-order chi connectivity index (χ1) is 3.83. The van der Waals surface area contributed by atoms with Gasteiger partial charge in [0.2, 0.25) is 0 Å². The average Bonchev–Trinajstić information content (AvgIpc) is 2.14. The van der Waals surface area contributed by atoms with Crippen LogP contribution in [0.15, 0.2) is 12.4 Å². The van der Waals surface area contributed by atoms with Crippen molar-refractivity contribution in [2.24, 2.45) is 7.05 Å². The van der Waals surface area contributed by atoms with Crippen LogP contribution in [0.25, 0.3) is 0 Å². The Kier molecular flexibility index (Phi) is 3.89. The van der Waals surface area contributed by atoms with Crippen molar-refractivity contribution >= 4 is 28.3 Å². The van der Waals surface area contributed by atoms with Crippen LogP contribution in [0.3, 0.4) is 0 Å². The number of rotatable bonds is 1. The third kappa shape index (κ3) is 2.37. The minimum absolute atomic E-state index is 0. The molecule has 1 aromatic heterocycles. The summed E-state index contributed by atoms with van der Waals surface area (Å²) in [5.74, 6) is 0. The van der Waals surface area contributed by atoms with Gasteiger partial charge in [0.05, 0.1) is 6.20 Å². The molecule has 0 aromatic carbocycles. The molecule has 0 spiro atoms. The molecule has 0 amide bonds. The van der Waals surface area contributed by atoms with Crippen molar-refractivity contribution in [2.45, 2.75) is 5.33 Å². The van der Waals surface area contributed by atoms with Crippen molar-refractivity contribution in [3.05, 3.63) is 18.0 Å². The zero-order valence-corrected chi connectivity index (χ0v) is 7.44. The SMILES string of the molecule is Cl.Cn1cc(CBr)cn1. The fourth-order valence-corrected chi connectivity index (χ4v) is 0.830. The molecule has 0 fully saturated rings. The topological polar surface area (TPSA) is 17.8 Å². The second-order valence-corrected chi connectivity index (χ2v) is 2.22. The number of hydrogen-bond acceptors (Lipinski definition) is 1. The van der Waals surface area contributed by atoms with Gasteiger partial charge in [0.1, 0.15) is 0 Å². The lowest BCUT2D eigenvalue weighted by Crippen LogP contribution is -1.84. The van der Waals surface area contributed by atoms with Crippen LogP contribution in [0.4, 0.5) is 0 Å². The molecule has 52 valence electrons. The highest BCUT2D eigenvalue weighted by molar-refractivity contribution is 9.08. The van der Waals surface area contributed by atoms with Gasteiger partial charge < -0.3 is 0 Å². The van der Waals surface area contributed by atoms with Crippen LogP contribution in [0, 0.1) is 0 Å². The van der Waals surface area contributed by atoms with E-state index < -0.39 is 0 Å². The van der Waals surface area contributed by atoms with Crippen LogP contribution in [0.2, 0.25) is 0 Å². The van der Waals surface area contributed by atoms with Crippen LogP contribution in [-0.2, 0) is 12.4 Å². The van der Waals surface area contributed by atoms with E-state index in [1.807, 2.05) is 19.4 Å². The lowest BCUT2D eigenvalue weighted by atomic mass is 10.4. The lowest BCUT2D eigenvalue weighted by Gasteiger charge is -1.80. The van der Waals surface area contributed by atoms with Crippen LogP contribution in [-0.4, -0.2) is 9.78 Å². The second-order valence-electron chi connectivity index (χ2n) is 1.66. The molecule has 0 aliphatic heterocycles. The predicted molar refractivity (Wildman–Crippen MR) is 43.1 cm³/mol. The highest BCUT2D eigenvalue weighted by Crippen LogP contribution is 2.00. The summed E-state index contributed by atoms with van der Waals surface area (Å²) in [5, 5.41) is 4.86. The molecular weight excluding hydrogens is 203 g/mol. The van der Waals surface area contributed by atoms with Gasteiger partial charge in [-0.15, -0.1) is 12.4 Å². The molecule has 0 radical (unpaired) electrons. The summed E-state index contributed by atoms with van der Waals surface area (Å²) >= 11 is 3.32. The number of aryl methyl sites for hydroxylation is 1. The number of nitrogens with zero attached hydrogens (tertiary/aromatic N) is 2. The van der Waals surface area contributed by atoms with Crippen molar-refractivity contribution < 1.29 is 0 Å². The van der Waals surface area contributed by atoms with E-state index in [4.69, 9.17) is 0 Å². The highest BCUT2D eigenvalue weighted by atomic mass is 79.9. The van der Waals surface area contributed by atoms with Gasteiger partial charge in [-0.3, -0.25) is 4.68 Å². The first-order valence-electron chi connectivity index (χ1n) is 2.36. The van der Waals surface area contributed by atoms with Gasteiger partial charge >= 0.3 is 0 Å². The number of hydrogen-bond donors (Lipinski definition) is 0. The molecule has 1 rings (SSSR count). The van der Waals surface area contributed by atoms with Gasteiger partial charge in [-0.2, -0.15) is 5.10 Å². The van der Waals surface area contributed by atoms with Gasteiger partial charge in [0, 0.05) is 24.1 Å². The normalized spacial score (nSPS) is 8.67. The summed E-state index contributed by atoms with van der Waals surface area (Å²) in [4.78, 5) is 0. The Morgan fingerprint density at radius 3 is 2.67 bits per heavy atom. The Morgan fingerprint density at radius 2 is 2.44 bits per heavy atom. The molecule has 0 saturated carbocycles. The van der Waals surface area contributed by atoms with Crippen LogP contribution >= 0.6 is 28.3 Å². The van der Waals surface area contributed by atoms with E-state index in [2.05, 4.69) is 21.0 Å². The zero-order chi connectivity index (χ0) is 5.98. The summed E-state index contributed by atoms with van der Waals surface area (Å²) in [6, 6.07) is 0. The van der Waals surface area contributed by atoms with E-state index in [1.165, 1.54) is 5.56 Å². The molecule has 1 heterocycles. The standard InChI is InChI=1S/C5H7BrN2.ClH/c1-8-4-5(2-6)3-7-8;/h3-4H,2H2,1H3;1H. The van der Waals surface area contributed by atoms with Crippen molar-refractivity contribution in [3.8, 4) is 0 Å². The molecule has 0 aliphatic carbocycles. The monoisotopic (exact) mass is 210 g/mol. The van der Waals surface area contributed by atoms with Gasteiger partial charge in [-0.25, -0.2) is 0 Å². The molecule has 2 nitrogen and oxygen atoms in total. The smallest absolute Gasteiger partial charge is 0.0530 e. The Labute approximate surface area is 68.8 Å². The largest absolute Gasteiger partial charge is 0.276 e. The first kappa shape index (κ1) is 8.98. The van der Waals surface area contributed by atoms with Crippen molar-refractivity contribution in [3.63, 3.8) is 0 Å².